The highest BCUT2D eigenvalue weighted by Crippen LogP contribution is 2.27. The molecule has 0 aliphatic rings. The van der Waals surface area contributed by atoms with Crippen molar-refractivity contribution in [2.24, 2.45) is 5.92 Å². The molecule has 0 saturated heterocycles. The van der Waals surface area contributed by atoms with Gasteiger partial charge in [0.2, 0.25) is 11.8 Å². The lowest BCUT2D eigenvalue weighted by molar-refractivity contribution is -0.141. The minimum Gasteiger partial charge on any atom is -0.478 e. The molecule has 1 unspecified atom stereocenters. The van der Waals surface area contributed by atoms with Gasteiger partial charge in [0.1, 0.15) is 6.04 Å². The largest absolute Gasteiger partial charge is 0.478 e. The fraction of sp³-hybridized carbons (Fsp3) is 0.577. The van der Waals surface area contributed by atoms with Crippen molar-refractivity contribution in [3.8, 4) is 0 Å². The number of carboxylic acid groups (broad SMARTS) is 1. The second kappa shape index (κ2) is 12.7. The van der Waals surface area contributed by atoms with Gasteiger partial charge in [-0.2, -0.15) is 0 Å². The van der Waals surface area contributed by atoms with Gasteiger partial charge < -0.3 is 25.4 Å². The molecule has 1 aromatic carbocycles. The fourth-order valence-corrected chi connectivity index (χ4v) is 4.05. The summed E-state index contributed by atoms with van der Waals surface area (Å²) in [6, 6.07) is 7.67. The Morgan fingerprint density at radius 2 is 1.68 bits per heavy atom. The van der Waals surface area contributed by atoms with Crippen LogP contribution in [0.2, 0.25) is 0 Å². The molecule has 0 aromatic heterocycles. The number of nitrogens with zero attached hydrogens (tertiary/aromatic N) is 1. The van der Waals surface area contributed by atoms with E-state index < -0.39 is 35.6 Å². The van der Waals surface area contributed by atoms with Crippen LogP contribution in [-0.4, -0.2) is 73.2 Å². The maximum atomic E-state index is 13.5. The molecule has 3 N–H and O–H groups in total. The highest BCUT2D eigenvalue weighted by Gasteiger charge is 2.39. The van der Waals surface area contributed by atoms with E-state index in [0.29, 0.717) is 0 Å². The average Bonchev–Trinajstić information content (AvgIpc) is 2.79. The zero-order valence-electron chi connectivity index (χ0n) is 21.9. The Bertz CT molecular complexity index is 866. The van der Waals surface area contributed by atoms with Gasteiger partial charge in [-0.25, -0.2) is 4.79 Å². The van der Waals surface area contributed by atoms with Gasteiger partial charge in [0, 0.05) is 25.1 Å². The van der Waals surface area contributed by atoms with Crippen LogP contribution in [0, 0.1) is 5.92 Å². The number of hydrogen-bond acceptors (Lipinski definition) is 5. The zero-order valence-corrected chi connectivity index (χ0v) is 21.9. The van der Waals surface area contributed by atoms with Crippen molar-refractivity contribution in [1.82, 2.24) is 15.5 Å². The van der Waals surface area contributed by atoms with Crippen molar-refractivity contribution >= 4 is 17.8 Å². The number of methoxy groups -OCH3 is 1. The number of carbonyl (C=O) groups is 3. The monoisotopic (exact) mass is 475 g/mol. The first-order valence-corrected chi connectivity index (χ1v) is 11.5. The number of aliphatic carboxylic acids is 1. The molecule has 0 spiro atoms. The highest BCUT2D eigenvalue weighted by molar-refractivity contribution is 5.91. The van der Waals surface area contributed by atoms with Gasteiger partial charge in [-0.1, -0.05) is 64.1 Å². The summed E-state index contributed by atoms with van der Waals surface area (Å²) in [6.07, 6.45) is 0.963. The van der Waals surface area contributed by atoms with Crippen molar-refractivity contribution in [2.45, 2.75) is 71.2 Å². The maximum Gasteiger partial charge on any atom is 0.331 e. The van der Waals surface area contributed by atoms with E-state index in [1.54, 1.807) is 27.1 Å². The molecule has 0 radical (unpaired) electrons. The molecule has 34 heavy (non-hydrogen) atoms. The predicted molar refractivity (Wildman–Crippen MR) is 134 cm³/mol. The summed E-state index contributed by atoms with van der Waals surface area (Å²) in [5, 5.41) is 15.3. The normalized spacial score (nSPS) is 15.9. The Hall–Kier alpha value is -2.71. The number of carbonyl (C=O) groups excluding carboxylic acids is 2. The number of ether oxygens (including phenoxy) is 1. The molecule has 0 fully saturated rings. The van der Waals surface area contributed by atoms with E-state index in [0.717, 1.165) is 5.56 Å². The third-order valence-corrected chi connectivity index (χ3v) is 6.43. The van der Waals surface area contributed by atoms with E-state index in [4.69, 9.17) is 4.74 Å². The fourth-order valence-electron chi connectivity index (χ4n) is 4.05. The summed E-state index contributed by atoms with van der Waals surface area (Å²) in [6.45, 7) is 11.0. The Labute approximate surface area is 203 Å². The number of benzene rings is 1. The molecule has 0 saturated carbocycles. The molecule has 0 bridgehead atoms. The molecule has 8 heteroatoms. The van der Waals surface area contributed by atoms with E-state index in [-0.39, 0.29) is 23.3 Å². The van der Waals surface area contributed by atoms with Crippen LogP contribution in [0.1, 0.15) is 47.1 Å². The van der Waals surface area contributed by atoms with Gasteiger partial charge in [0.05, 0.1) is 18.2 Å². The highest BCUT2D eigenvalue weighted by atomic mass is 16.5. The average molecular weight is 476 g/mol. The van der Waals surface area contributed by atoms with E-state index in [9.17, 15) is 19.5 Å². The minimum absolute atomic E-state index is 0.0421. The van der Waals surface area contributed by atoms with Crippen LogP contribution >= 0.6 is 0 Å². The van der Waals surface area contributed by atoms with E-state index in [1.807, 2.05) is 58.0 Å². The van der Waals surface area contributed by atoms with E-state index >= 15 is 0 Å². The summed E-state index contributed by atoms with van der Waals surface area (Å²) in [4.78, 5) is 39.8. The Morgan fingerprint density at radius 1 is 1.12 bits per heavy atom. The molecule has 1 rings (SSSR count). The molecule has 4 atom stereocenters. The molecule has 2 amide bonds. The first kappa shape index (κ1) is 29.3. The number of hydrogen-bond donors (Lipinski definition) is 3. The summed E-state index contributed by atoms with van der Waals surface area (Å²) in [5.41, 5.74) is 0.578. The number of amides is 2. The molecule has 1 aromatic rings. The van der Waals surface area contributed by atoms with Gasteiger partial charge >= 0.3 is 5.97 Å². The first-order valence-electron chi connectivity index (χ1n) is 11.5. The SMILES string of the molecule is CN[C@H](C(=O)N[C@H](C(=O)N(C)[C@H](/C=C(\C)C(=O)O)C(C)C)C(C)OC)C(C)(C)c1ccccc1. The zero-order chi connectivity index (χ0) is 26.2. The van der Waals surface area contributed by atoms with Gasteiger partial charge in [-0.3, -0.25) is 9.59 Å². The Morgan fingerprint density at radius 3 is 2.12 bits per heavy atom. The smallest absolute Gasteiger partial charge is 0.331 e. The molecular weight excluding hydrogens is 434 g/mol. The molecule has 0 heterocycles. The van der Waals surface area contributed by atoms with Gasteiger partial charge in [-0.05, 0) is 32.4 Å². The van der Waals surface area contributed by atoms with E-state index in [2.05, 4.69) is 10.6 Å². The van der Waals surface area contributed by atoms with Crippen molar-refractivity contribution in [2.75, 3.05) is 21.2 Å². The van der Waals surface area contributed by atoms with Crippen LogP contribution in [0.5, 0.6) is 0 Å². The Kier molecular flexibility index (Phi) is 10.9. The third kappa shape index (κ3) is 7.14. The molecule has 0 aliphatic heterocycles. The molecule has 8 nitrogen and oxygen atoms in total. The van der Waals surface area contributed by atoms with Gasteiger partial charge in [0.15, 0.2) is 0 Å². The second-order valence-electron chi connectivity index (χ2n) is 9.58. The summed E-state index contributed by atoms with van der Waals surface area (Å²) in [5.74, 6) is -1.77. The second-order valence-corrected chi connectivity index (χ2v) is 9.58. The first-order chi connectivity index (χ1) is 15.8. The molecule has 190 valence electrons. The minimum atomic E-state index is -1.04. The van der Waals surface area contributed by atoms with Gasteiger partial charge in [-0.15, -0.1) is 0 Å². The third-order valence-electron chi connectivity index (χ3n) is 6.43. The van der Waals surface area contributed by atoms with Crippen molar-refractivity contribution in [3.63, 3.8) is 0 Å². The lowest BCUT2D eigenvalue weighted by Crippen LogP contribution is -2.61. The summed E-state index contributed by atoms with van der Waals surface area (Å²) < 4.78 is 5.44. The lowest BCUT2D eigenvalue weighted by atomic mass is 9.77. The van der Waals surface area contributed by atoms with Crippen LogP contribution in [0.3, 0.4) is 0 Å². The molecular formula is C26H41N3O5. The number of nitrogens with one attached hydrogen (secondary N) is 2. The van der Waals surface area contributed by atoms with Crippen LogP contribution < -0.4 is 10.6 Å². The maximum absolute atomic E-state index is 13.5. The van der Waals surface area contributed by atoms with Crippen molar-refractivity contribution < 1.29 is 24.2 Å². The van der Waals surface area contributed by atoms with Crippen LogP contribution in [0.4, 0.5) is 0 Å². The standard InChI is InChI=1S/C26H41N3O5/c1-16(2)20(15-17(3)25(32)33)29(8)24(31)21(18(4)34-9)28-23(30)22(27-7)26(5,6)19-13-11-10-12-14-19/h10-16,18,20-22,27H,1-9H3,(H,28,30)(H,32,33)/b17-15+/t18?,20-,21+,22-/m1/s1. The number of rotatable bonds is 12. The quantitative estimate of drug-likeness (QED) is 0.401. The molecule has 0 aliphatic carbocycles. The van der Waals surface area contributed by atoms with Crippen LogP contribution in [-0.2, 0) is 24.5 Å². The number of likely N-dealkylation sites (N-methyl/N-ethyl adjacent to an activating group) is 2. The topological polar surface area (TPSA) is 108 Å². The Balaban J connectivity index is 3.25. The summed E-state index contributed by atoms with van der Waals surface area (Å²) in [7, 11) is 4.81. The predicted octanol–water partition coefficient (Wildman–Crippen LogP) is 2.59. The van der Waals surface area contributed by atoms with Crippen LogP contribution in [0.15, 0.2) is 42.0 Å². The lowest BCUT2D eigenvalue weighted by Gasteiger charge is -2.37. The van der Waals surface area contributed by atoms with Crippen molar-refractivity contribution in [1.29, 1.82) is 0 Å². The van der Waals surface area contributed by atoms with Crippen LogP contribution in [0.25, 0.3) is 0 Å². The summed E-state index contributed by atoms with van der Waals surface area (Å²) >= 11 is 0. The van der Waals surface area contributed by atoms with Crippen molar-refractivity contribution in [3.05, 3.63) is 47.5 Å². The number of carboxylic acids is 1. The van der Waals surface area contributed by atoms with Gasteiger partial charge in [0.25, 0.3) is 0 Å². The van der Waals surface area contributed by atoms with E-state index in [1.165, 1.54) is 18.9 Å².